The van der Waals surface area contributed by atoms with Gasteiger partial charge < -0.3 is 20.1 Å². The average molecular weight is 1770 g/mol. The Hall–Kier alpha value is -9.72. The second-order valence-electron chi connectivity index (χ2n) is 28.8. The van der Waals surface area contributed by atoms with E-state index in [1.54, 1.807) is 12.1 Å². The molecule has 0 saturated carbocycles. The van der Waals surface area contributed by atoms with Gasteiger partial charge in [-0.15, -0.1) is 70.8 Å². The Bertz CT molecular complexity index is 4760. The first-order valence-corrected chi connectivity index (χ1v) is 39.0. The standard InChI is InChI=1S/C34H32N2.C34H30N2.C14H14BrN.C8H10BrN.C6H8B2O4.Pt/c2*1-23(2)29-15-17-33(35-21-29)27-11-7-9-25(19-27)31-13-5-6-14-32(31)26-10-8-12-28(20-26)34-18-16-30(22-36-34)24(3)4;1-10(2)12-6-7-14(16-9-12)11-4-3-5-13(15)8-11;1-6(2)7-3-4-8(9)10-5-7;9-7(10)5-3-1-2-4-6(5)8(11)12;/h5-24H,1-4H3;5-18,21-24H,1-4H3;3-10H,1-2H3;3-6H,1-2H3;1-4,9-12H;/q;-2;;;;+2. The van der Waals surface area contributed by atoms with Crippen LogP contribution in [0.3, 0.4) is 0 Å². The van der Waals surface area contributed by atoms with Crippen LogP contribution in [0, 0.1) is 12.1 Å². The molecule has 0 aliphatic heterocycles. The minimum Gasteiger partial charge on any atom is -0.423 e. The maximum atomic E-state index is 8.79. The molecule has 0 radical (unpaired) electrons. The van der Waals surface area contributed by atoms with Crippen LogP contribution in [0.4, 0.5) is 0 Å². The Morgan fingerprint density at radius 3 is 0.829 bits per heavy atom. The van der Waals surface area contributed by atoms with E-state index in [-0.39, 0.29) is 32.0 Å². The van der Waals surface area contributed by atoms with Gasteiger partial charge >= 0.3 is 35.3 Å². The molecule has 14 aromatic rings. The van der Waals surface area contributed by atoms with E-state index < -0.39 is 14.2 Å². The van der Waals surface area contributed by atoms with Gasteiger partial charge in [0.1, 0.15) is 4.60 Å². The molecule has 14 rings (SSSR count). The van der Waals surface area contributed by atoms with Crippen molar-refractivity contribution in [1.29, 1.82) is 0 Å². The molecule has 0 unspecified atom stereocenters. The fourth-order valence-corrected chi connectivity index (χ4v) is 12.7. The first-order chi connectivity index (χ1) is 53.0. The number of hydrogen-bond donors (Lipinski definition) is 4. The van der Waals surface area contributed by atoms with E-state index >= 15 is 0 Å². The van der Waals surface area contributed by atoms with Crippen molar-refractivity contribution in [1.82, 2.24) is 29.9 Å². The average Bonchev–Trinajstić information content (AvgIpc) is 0.796. The summed E-state index contributed by atoms with van der Waals surface area (Å²) in [5.74, 6) is 2.98. The second kappa shape index (κ2) is 41.5. The maximum absolute atomic E-state index is 8.79. The number of nitrogens with zero attached hydrogens (tertiary/aromatic N) is 6. The van der Waals surface area contributed by atoms with Crippen LogP contribution < -0.4 is 10.9 Å². The van der Waals surface area contributed by atoms with E-state index in [9.17, 15) is 0 Å². The molecular formula is C96H94B2Br2N6O4Pt. The third kappa shape index (κ3) is 23.9. The summed E-state index contributed by atoms with van der Waals surface area (Å²) in [5.41, 5.74) is 27.1. The van der Waals surface area contributed by atoms with Crippen molar-refractivity contribution < 1.29 is 41.2 Å². The van der Waals surface area contributed by atoms with Gasteiger partial charge in [-0.2, -0.15) is 0 Å². The Labute approximate surface area is 688 Å². The van der Waals surface area contributed by atoms with Crippen LogP contribution in [0.25, 0.3) is 101 Å². The number of aromatic nitrogens is 6. The largest absolute Gasteiger partial charge is 2.00 e. The SMILES string of the molecule is CC(C)c1ccc(-c2[c-]c(-c3ccccc3-c3[c-]c(-c4ccc(C(C)C)cn4)ccc3)ccc2)nc1.CC(C)c1ccc(-c2cccc(-c3ccccc3-c3cccc(-c4ccc(C(C)C)cn4)c3)c2)nc1.CC(C)c1ccc(-c2cccc(Br)c2)nc1.CC(C)c1ccc(Br)nc1.OB(O)c1ccccc1B(O)O.[Pt+2]. The summed E-state index contributed by atoms with van der Waals surface area (Å²) in [7, 11) is -3.36. The summed E-state index contributed by atoms with van der Waals surface area (Å²) in [6.45, 7) is 26.2. The van der Waals surface area contributed by atoms with Gasteiger partial charge in [-0.3, -0.25) is 24.9 Å². The van der Waals surface area contributed by atoms with Gasteiger partial charge in [0, 0.05) is 69.7 Å². The van der Waals surface area contributed by atoms with Gasteiger partial charge in [0.15, 0.2) is 0 Å². The minimum atomic E-state index is -1.68. The Morgan fingerprint density at radius 1 is 0.261 bits per heavy atom. The quantitative estimate of drug-likeness (QED) is 0.0393. The molecule has 0 aliphatic rings. The van der Waals surface area contributed by atoms with Gasteiger partial charge in [0.2, 0.25) is 0 Å². The topological polar surface area (TPSA) is 158 Å². The minimum absolute atomic E-state index is 0. The number of hydrogen-bond acceptors (Lipinski definition) is 10. The summed E-state index contributed by atoms with van der Waals surface area (Å²) < 4.78 is 1.98. The van der Waals surface area contributed by atoms with Gasteiger partial charge in [-0.05, 0) is 167 Å². The summed E-state index contributed by atoms with van der Waals surface area (Å²) >= 11 is 6.75. The van der Waals surface area contributed by atoms with Gasteiger partial charge in [-0.1, -0.05) is 280 Å². The maximum Gasteiger partial charge on any atom is 2.00 e. The van der Waals surface area contributed by atoms with Crippen molar-refractivity contribution in [2.45, 2.75) is 119 Å². The van der Waals surface area contributed by atoms with Crippen LogP contribution >= 0.6 is 31.9 Å². The van der Waals surface area contributed by atoms with E-state index in [0.717, 1.165) is 87.6 Å². The first kappa shape index (κ1) is 85.3. The van der Waals surface area contributed by atoms with Gasteiger partial charge in [0.25, 0.3) is 0 Å². The summed E-state index contributed by atoms with van der Waals surface area (Å²) in [6, 6.07) is 93.8. The first-order valence-electron chi connectivity index (χ1n) is 37.4. The molecule has 10 nitrogen and oxygen atoms in total. The molecule has 0 amide bonds. The zero-order chi connectivity index (χ0) is 78.4. The Balaban J connectivity index is 0.000000174. The Kier molecular flexibility index (Phi) is 31.9. The monoisotopic (exact) mass is 1770 g/mol. The zero-order valence-electron chi connectivity index (χ0n) is 64.9. The number of pyridine rings is 6. The number of rotatable bonds is 17. The zero-order valence-corrected chi connectivity index (χ0v) is 70.3. The summed E-state index contributed by atoms with van der Waals surface area (Å²) in [4.78, 5) is 27.5. The molecule has 562 valence electrons. The molecule has 111 heavy (non-hydrogen) atoms. The van der Waals surface area contributed by atoms with E-state index in [4.69, 9.17) is 40.0 Å². The molecule has 0 spiro atoms. The van der Waals surface area contributed by atoms with Crippen LogP contribution in [-0.4, -0.2) is 64.2 Å². The molecule has 0 saturated heterocycles. The van der Waals surface area contributed by atoms with Gasteiger partial charge in [0.05, 0.1) is 17.1 Å². The number of halogens is 2. The van der Waals surface area contributed by atoms with Crippen LogP contribution in [0.5, 0.6) is 0 Å². The summed E-state index contributed by atoms with van der Waals surface area (Å²) in [6.07, 6.45) is 11.8. The molecular weight excluding hydrogens is 1680 g/mol. The van der Waals surface area contributed by atoms with E-state index in [0.29, 0.717) is 35.5 Å². The molecule has 0 fully saturated rings. The van der Waals surface area contributed by atoms with Crippen molar-refractivity contribution in [2.75, 3.05) is 0 Å². The van der Waals surface area contributed by atoms with E-state index in [1.807, 2.05) is 55.4 Å². The van der Waals surface area contributed by atoms with E-state index in [2.05, 4.69) is 349 Å². The molecule has 4 N–H and O–H groups in total. The predicted octanol–water partition coefficient (Wildman–Crippen LogP) is 23.0. The fraction of sp³-hybridized carbons (Fsp3) is 0.188. The molecule has 0 aliphatic carbocycles. The van der Waals surface area contributed by atoms with Crippen molar-refractivity contribution >= 4 is 57.0 Å². The van der Waals surface area contributed by atoms with Crippen molar-refractivity contribution in [3.8, 4) is 101 Å². The smallest absolute Gasteiger partial charge is 0.423 e. The summed E-state index contributed by atoms with van der Waals surface area (Å²) in [5, 5.41) is 35.1. The molecule has 0 bridgehead atoms. The van der Waals surface area contributed by atoms with Crippen LogP contribution in [-0.2, 0) is 21.1 Å². The van der Waals surface area contributed by atoms with E-state index in [1.165, 1.54) is 67.8 Å². The van der Waals surface area contributed by atoms with Crippen LogP contribution in [0.2, 0.25) is 0 Å². The molecule has 0 atom stereocenters. The van der Waals surface area contributed by atoms with Crippen molar-refractivity contribution in [2.24, 2.45) is 0 Å². The predicted molar refractivity (Wildman–Crippen MR) is 465 cm³/mol. The Morgan fingerprint density at radius 2 is 0.532 bits per heavy atom. The third-order valence-corrected chi connectivity index (χ3v) is 19.8. The van der Waals surface area contributed by atoms with Gasteiger partial charge in [-0.25, -0.2) is 4.98 Å². The van der Waals surface area contributed by atoms with Crippen molar-refractivity contribution in [3.63, 3.8) is 0 Å². The molecule has 6 aromatic heterocycles. The molecule has 8 aromatic carbocycles. The normalized spacial score (nSPS) is 10.8. The third-order valence-electron chi connectivity index (χ3n) is 18.9. The number of benzene rings is 8. The second-order valence-corrected chi connectivity index (χ2v) is 30.6. The van der Waals surface area contributed by atoms with Crippen LogP contribution in [0.1, 0.15) is 152 Å². The van der Waals surface area contributed by atoms with Crippen LogP contribution in [0.15, 0.2) is 301 Å². The van der Waals surface area contributed by atoms with Crippen molar-refractivity contribution in [3.05, 3.63) is 347 Å². The molecule has 15 heteroatoms. The molecule has 6 heterocycles. The fourth-order valence-electron chi connectivity index (χ4n) is 12.1.